The summed E-state index contributed by atoms with van der Waals surface area (Å²) in [5.41, 5.74) is 0.422. The SMILES string of the molecule is CC[Si](C)(C)O[C@H]1CC[C@@]2(C)[C@@H](C1)C[C@@H](O[Si](C)(C)CC)[C@@H]1[C@@H]2C[C@@H](O[Si](C)(C)CC)[C@]2(C)[C@@H]([C@H](C)CCC(=O)OC)CC[C@@H]12. The Balaban J connectivity index is 1.74. The number of esters is 1. The minimum Gasteiger partial charge on any atom is -0.469 e. The van der Waals surface area contributed by atoms with E-state index < -0.39 is 25.0 Å². The Morgan fingerprint density at radius 2 is 1.40 bits per heavy atom. The normalized spacial score (nSPS) is 39.5. The van der Waals surface area contributed by atoms with Gasteiger partial charge in [-0.15, -0.1) is 0 Å². The number of methoxy groups -OCH3 is 1. The number of ether oxygens (including phenoxy) is 1. The van der Waals surface area contributed by atoms with Gasteiger partial charge in [-0.05, 0) is 155 Å². The van der Waals surface area contributed by atoms with Crippen LogP contribution in [0.2, 0.25) is 57.4 Å². The molecule has 0 aromatic heterocycles. The summed E-state index contributed by atoms with van der Waals surface area (Å²) in [6, 6.07) is 3.51. The van der Waals surface area contributed by atoms with Crippen molar-refractivity contribution in [1.29, 1.82) is 0 Å². The second kappa shape index (κ2) is 14.1. The zero-order chi connectivity index (χ0) is 33.6. The number of hydrogen-bond donors (Lipinski definition) is 0. The number of carbonyl (C=O) groups is 1. The fraction of sp³-hybridized carbons (Fsp3) is 0.973. The lowest BCUT2D eigenvalue weighted by atomic mass is 9.43. The largest absolute Gasteiger partial charge is 0.469 e. The molecule has 0 radical (unpaired) electrons. The molecular formula is C37H72O5Si3. The molecule has 262 valence electrons. The first-order valence-corrected chi connectivity index (χ1v) is 28.3. The Bertz CT molecular complexity index is 1020. The first-order valence-electron chi connectivity index (χ1n) is 19.0. The Labute approximate surface area is 281 Å². The van der Waals surface area contributed by atoms with Gasteiger partial charge >= 0.3 is 5.97 Å². The third-order valence-electron chi connectivity index (χ3n) is 14.4. The molecule has 8 heteroatoms. The van der Waals surface area contributed by atoms with Crippen LogP contribution in [0.15, 0.2) is 0 Å². The molecule has 0 aromatic carbocycles. The van der Waals surface area contributed by atoms with E-state index in [9.17, 15) is 4.79 Å². The van der Waals surface area contributed by atoms with Crippen LogP contribution >= 0.6 is 0 Å². The highest BCUT2D eigenvalue weighted by Gasteiger charge is 2.67. The maximum absolute atomic E-state index is 12.2. The van der Waals surface area contributed by atoms with Crippen LogP contribution < -0.4 is 0 Å². The minimum atomic E-state index is -1.82. The molecule has 4 saturated carbocycles. The average molecular weight is 681 g/mol. The van der Waals surface area contributed by atoms with Crippen molar-refractivity contribution in [2.24, 2.45) is 46.3 Å². The van der Waals surface area contributed by atoms with Gasteiger partial charge in [0.15, 0.2) is 25.0 Å². The molecule has 4 aliphatic rings. The van der Waals surface area contributed by atoms with Crippen LogP contribution in [-0.2, 0) is 22.8 Å². The molecule has 0 unspecified atom stereocenters. The highest BCUT2D eigenvalue weighted by molar-refractivity contribution is 6.71. The zero-order valence-corrected chi connectivity index (χ0v) is 34.7. The first-order chi connectivity index (χ1) is 20.9. The van der Waals surface area contributed by atoms with Crippen molar-refractivity contribution in [3.05, 3.63) is 0 Å². The molecule has 4 fully saturated rings. The molecule has 0 aromatic rings. The third-order valence-corrected chi connectivity index (χ3v) is 22.4. The van der Waals surface area contributed by atoms with E-state index in [4.69, 9.17) is 18.0 Å². The summed E-state index contributed by atoms with van der Waals surface area (Å²) in [5, 5.41) is 0. The number of rotatable bonds is 13. The van der Waals surface area contributed by atoms with Crippen molar-refractivity contribution >= 4 is 30.9 Å². The smallest absolute Gasteiger partial charge is 0.305 e. The van der Waals surface area contributed by atoms with Gasteiger partial charge in [0.25, 0.3) is 0 Å². The molecule has 0 saturated heterocycles. The molecule has 4 aliphatic carbocycles. The summed E-state index contributed by atoms with van der Waals surface area (Å²) in [4.78, 5) is 12.2. The topological polar surface area (TPSA) is 54.0 Å². The summed E-state index contributed by atoms with van der Waals surface area (Å²) in [5.74, 6) is 3.45. The van der Waals surface area contributed by atoms with E-state index in [1.807, 2.05) is 0 Å². The number of carbonyl (C=O) groups excluding carboxylic acids is 1. The molecule has 0 aliphatic heterocycles. The highest BCUT2D eigenvalue weighted by Crippen LogP contribution is 2.70. The maximum atomic E-state index is 12.2. The van der Waals surface area contributed by atoms with Crippen LogP contribution in [0, 0.1) is 46.3 Å². The Hall–Kier alpha value is 0.000649. The van der Waals surface area contributed by atoms with Crippen LogP contribution in [0.25, 0.3) is 0 Å². The van der Waals surface area contributed by atoms with Gasteiger partial charge in [-0.1, -0.05) is 41.5 Å². The summed E-state index contributed by atoms with van der Waals surface area (Å²) in [7, 11) is -3.69. The lowest BCUT2D eigenvalue weighted by Crippen LogP contribution is -2.65. The lowest BCUT2D eigenvalue weighted by molar-refractivity contribution is -0.199. The van der Waals surface area contributed by atoms with E-state index in [2.05, 4.69) is 80.8 Å². The van der Waals surface area contributed by atoms with E-state index in [0.717, 1.165) is 12.5 Å². The predicted octanol–water partition coefficient (Wildman–Crippen LogP) is 10.3. The van der Waals surface area contributed by atoms with Gasteiger partial charge in [-0.3, -0.25) is 4.79 Å². The van der Waals surface area contributed by atoms with Gasteiger partial charge in [-0.2, -0.15) is 0 Å². The monoisotopic (exact) mass is 680 g/mol. The summed E-state index contributed by atoms with van der Waals surface area (Å²) < 4.78 is 27.0. The molecule has 0 amide bonds. The summed E-state index contributed by atoms with van der Waals surface area (Å²) in [6.45, 7) is 29.3. The van der Waals surface area contributed by atoms with Gasteiger partial charge in [0.2, 0.25) is 0 Å². The van der Waals surface area contributed by atoms with Crippen LogP contribution in [0.3, 0.4) is 0 Å². The van der Waals surface area contributed by atoms with Crippen molar-refractivity contribution in [1.82, 2.24) is 0 Å². The van der Waals surface area contributed by atoms with Crippen LogP contribution in [0.5, 0.6) is 0 Å². The average Bonchev–Trinajstić information content (AvgIpc) is 3.34. The molecule has 0 heterocycles. The second-order valence-electron chi connectivity index (χ2n) is 18.2. The lowest BCUT2D eigenvalue weighted by Gasteiger charge is -2.66. The van der Waals surface area contributed by atoms with Crippen molar-refractivity contribution in [3.63, 3.8) is 0 Å². The van der Waals surface area contributed by atoms with E-state index in [1.54, 1.807) is 0 Å². The highest BCUT2D eigenvalue weighted by atomic mass is 28.4. The molecule has 45 heavy (non-hydrogen) atoms. The molecule has 0 N–H and O–H groups in total. The Kier molecular flexibility index (Phi) is 11.8. The van der Waals surface area contributed by atoms with Crippen molar-refractivity contribution in [3.8, 4) is 0 Å². The molecule has 5 nitrogen and oxygen atoms in total. The minimum absolute atomic E-state index is 0.0754. The van der Waals surface area contributed by atoms with Gasteiger partial charge in [0.05, 0.1) is 13.2 Å². The number of fused-ring (bicyclic) bond motifs is 5. The zero-order valence-electron chi connectivity index (χ0n) is 31.7. The van der Waals surface area contributed by atoms with E-state index in [-0.39, 0.29) is 17.5 Å². The van der Waals surface area contributed by atoms with Gasteiger partial charge < -0.3 is 18.0 Å². The Morgan fingerprint density at radius 1 is 0.800 bits per heavy atom. The molecule has 0 bridgehead atoms. The van der Waals surface area contributed by atoms with Crippen molar-refractivity contribution in [2.75, 3.05) is 7.11 Å². The van der Waals surface area contributed by atoms with E-state index in [0.29, 0.717) is 59.6 Å². The number of hydrogen-bond acceptors (Lipinski definition) is 5. The fourth-order valence-corrected chi connectivity index (χ4v) is 14.4. The van der Waals surface area contributed by atoms with Gasteiger partial charge in [0, 0.05) is 18.6 Å². The maximum Gasteiger partial charge on any atom is 0.305 e. The molecule has 0 spiro atoms. The van der Waals surface area contributed by atoms with E-state index >= 15 is 0 Å². The van der Waals surface area contributed by atoms with Crippen LogP contribution in [0.4, 0.5) is 0 Å². The fourth-order valence-electron chi connectivity index (χ4n) is 10.6. The second-order valence-corrected chi connectivity index (χ2v) is 31.6. The van der Waals surface area contributed by atoms with Crippen LogP contribution in [0.1, 0.15) is 99.3 Å². The summed E-state index contributed by atoms with van der Waals surface area (Å²) >= 11 is 0. The predicted molar refractivity (Wildman–Crippen MR) is 195 cm³/mol. The van der Waals surface area contributed by atoms with Gasteiger partial charge in [0.1, 0.15) is 0 Å². The summed E-state index contributed by atoms with van der Waals surface area (Å²) in [6.07, 6.45) is 11.1. The molecule has 11 atom stereocenters. The third kappa shape index (κ3) is 7.76. The first kappa shape index (κ1) is 37.8. The quantitative estimate of drug-likeness (QED) is 0.143. The van der Waals surface area contributed by atoms with E-state index in [1.165, 1.54) is 64.1 Å². The van der Waals surface area contributed by atoms with Crippen LogP contribution in [-0.4, -0.2) is 56.3 Å². The van der Waals surface area contributed by atoms with Crippen molar-refractivity contribution < 1.29 is 22.8 Å². The van der Waals surface area contributed by atoms with Crippen molar-refractivity contribution in [2.45, 2.75) is 175 Å². The molecule has 4 rings (SSSR count). The molecular weight excluding hydrogens is 609 g/mol. The van der Waals surface area contributed by atoms with Gasteiger partial charge in [-0.25, -0.2) is 0 Å². The Morgan fingerprint density at radius 3 is 2.00 bits per heavy atom. The standard InChI is InChI=1S/C37H72O5Si3/c1-14-43(8,9)40-28-21-22-36(5)27(23-28)24-32(41-44(10,11)15-2)35-30-19-18-29(26(4)17-20-34(38)39-7)37(30,6)33(25-31(35)36)42-45(12,13)16-3/h26-33,35H,14-25H2,1-13H3/t26-,27+,28+,29-,30+,31+,32-,33-,35+,36+,37-/m1/s1.